The Morgan fingerprint density at radius 2 is 1.04 bits per heavy atom. The Morgan fingerprint density at radius 3 is 1.46 bits per heavy atom. The van der Waals surface area contributed by atoms with Gasteiger partial charge in [0, 0.05) is 72.1 Å². The Morgan fingerprint density at radius 1 is 0.634 bits per heavy atom. The van der Waals surface area contributed by atoms with Crippen molar-refractivity contribution in [3.8, 4) is 0 Å². The number of hydrogen-bond acceptors (Lipinski definition) is 20. The Bertz CT molecular complexity index is 2020. The molecule has 2 N–H and O–H groups in total. The maximum absolute atomic E-state index is 12.0. The van der Waals surface area contributed by atoms with Gasteiger partial charge in [0.2, 0.25) is 0 Å². The summed E-state index contributed by atoms with van der Waals surface area (Å²) < 4.78 is 40.9. The first-order valence-electron chi connectivity index (χ1n) is 23.0. The standard InChI is InChI=1S/C13H23NO4.C10H14N2OS2.C9H14ClNO2.C9H15NO3.C8H13NO3/c1-13(2,3)18-12(15)10-6-7-14(4)11(10)8-17-9-16-5;1-12-4-3-7(9(12)5-13-2)8-6-15-10(14)11-8;1-11-4-3-7(9(12)5-10)8(11)6-13-2;1-10-5-4-7(9(11)13-3)8(10)6-12-2;1-9-4-3-6(7(9)5-10)8(11)12-2/h6,11H,7-9H2,1-5H3;3,6,9H,4-5H2,1-2H3,(H,11,14);3,8H,4-6H2,1-2H3;4,8H,5-6H2,1-3H3;3,7,10H,4-5H2,1-2H3/t11-;9-;2*8-;7-/m00000/s1. The quantitative estimate of drug-likeness (QED) is 0.0575. The third-order valence-electron chi connectivity index (χ3n) is 11.8. The van der Waals surface area contributed by atoms with Crippen molar-refractivity contribution >= 4 is 64.4 Å². The lowest BCUT2D eigenvalue weighted by molar-refractivity contribution is -0.151. The molecule has 1 aromatic heterocycles. The molecule has 0 radical (unpaired) electrons. The van der Waals surface area contributed by atoms with E-state index in [0.29, 0.717) is 49.1 Å². The number of halogens is 1. The average Bonchev–Trinajstić information content (AvgIpc) is 4.22. The molecule has 5 aliphatic heterocycles. The molecule has 5 atom stereocenters. The number of Topliss-reactive ketones (excluding diaryl/α,β-unsaturated/α-hetero) is 1. The van der Waals surface area contributed by atoms with Crippen LogP contribution in [0.2, 0.25) is 0 Å². The largest absolute Gasteiger partial charge is 0.466 e. The molecule has 71 heavy (non-hydrogen) atoms. The van der Waals surface area contributed by atoms with E-state index in [2.05, 4.69) is 52.6 Å². The number of hydrogen-bond donors (Lipinski definition) is 2. The summed E-state index contributed by atoms with van der Waals surface area (Å²) >= 11 is 12.2. The van der Waals surface area contributed by atoms with Gasteiger partial charge in [-0.2, -0.15) is 0 Å². The number of methoxy groups -OCH3 is 6. The third-order valence-corrected chi connectivity index (χ3v) is 13.1. The second kappa shape index (κ2) is 32.6. The number of likely N-dealkylation sites (N-methyl/N-ethyl adjacent to an activating group) is 5. The van der Waals surface area contributed by atoms with Crippen LogP contribution in [0.3, 0.4) is 0 Å². The summed E-state index contributed by atoms with van der Waals surface area (Å²) in [6.07, 6.45) is 9.72. The fraction of sp³-hybridized carbons (Fsp3) is 0.653. The number of esters is 3. The summed E-state index contributed by atoms with van der Waals surface area (Å²) in [5, 5.41) is 11.0. The highest BCUT2D eigenvalue weighted by molar-refractivity contribution is 7.73. The lowest BCUT2D eigenvalue weighted by Gasteiger charge is -2.25. The minimum absolute atomic E-state index is 0.00747. The maximum Gasteiger partial charge on any atom is 0.335 e. The van der Waals surface area contributed by atoms with E-state index < -0.39 is 5.60 Å². The van der Waals surface area contributed by atoms with Crippen molar-refractivity contribution in [3.05, 3.63) is 67.7 Å². The van der Waals surface area contributed by atoms with Gasteiger partial charge in [0.25, 0.3) is 0 Å². The second-order valence-electron chi connectivity index (χ2n) is 18.0. The lowest BCUT2D eigenvalue weighted by Crippen LogP contribution is -2.36. The molecular formula is C49H79ClN6O13S2. The predicted octanol–water partition coefficient (Wildman–Crippen LogP) is 3.46. The van der Waals surface area contributed by atoms with Gasteiger partial charge in [0.15, 0.2) is 9.74 Å². The van der Waals surface area contributed by atoms with E-state index in [1.165, 1.54) is 19.8 Å². The Kier molecular flexibility index (Phi) is 29.2. The zero-order valence-corrected chi connectivity index (χ0v) is 46.5. The van der Waals surface area contributed by atoms with Gasteiger partial charge in [0.1, 0.15) is 12.4 Å². The molecular weight excluding hydrogens is 980 g/mol. The van der Waals surface area contributed by atoms with Crippen LogP contribution in [-0.2, 0) is 57.1 Å². The van der Waals surface area contributed by atoms with E-state index in [-0.39, 0.29) is 67.1 Å². The molecule has 0 aromatic carbocycles. The molecule has 0 fully saturated rings. The number of nitrogens with one attached hydrogen (secondary N) is 1. The Hall–Kier alpha value is -3.52. The first-order valence-corrected chi connectivity index (χ1v) is 24.8. The zero-order chi connectivity index (χ0) is 53.4. The lowest BCUT2D eigenvalue weighted by atomic mass is 10.1. The van der Waals surface area contributed by atoms with E-state index in [4.69, 9.17) is 57.3 Å². The van der Waals surface area contributed by atoms with Crippen molar-refractivity contribution in [3.63, 3.8) is 0 Å². The van der Waals surface area contributed by atoms with Crippen molar-refractivity contribution < 1.29 is 62.2 Å². The van der Waals surface area contributed by atoms with Crippen molar-refractivity contribution in [2.24, 2.45) is 0 Å². The van der Waals surface area contributed by atoms with Crippen LogP contribution < -0.4 is 0 Å². The number of carbonyl (C=O) groups is 4. The molecule has 1 aromatic rings. The van der Waals surface area contributed by atoms with Crippen molar-refractivity contribution in [2.75, 3.05) is 156 Å². The third kappa shape index (κ3) is 20.0. The number of aromatic amines is 1. The topological polar surface area (TPSA) is 194 Å². The number of aliphatic hydroxyl groups excluding tert-OH is 1. The predicted molar refractivity (Wildman–Crippen MR) is 278 cm³/mol. The molecule has 0 bridgehead atoms. The van der Waals surface area contributed by atoms with Crippen LogP contribution in [0.4, 0.5) is 0 Å². The monoisotopic (exact) mass is 1060 g/mol. The van der Waals surface area contributed by atoms with Crippen LogP contribution in [0.1, 0.15) is 26.5 Å². The zero-order valence-electron chi connectivity index (χ0n) is 44.1. The summed E-state index contributed by atoms with van der Waals surface area (Å²) in [6.45, 7) is 12.0. The van der Waals surface area contributed by atoms with E-state index in [1.54, 1.807) is 45.9 Å². The number of alkyl halides is 1. The number of ether oxygens (including phenoxy) is 8. The molecule has 0 spiro atoms. The first kappa shape index (κ1) is 63.6. The second-order valence-corrected chi connectivity index (χ2v) is 19.8. The van der Waals surface area contributed by atoms with E-state index in [0.717, 1.165) is 48.0 Å². The van der Waals surface area contributed by atoms with Gasteiger partial charge in [0.05, 0.1) is 106 Å². The SMILES string of the molecule is COC(=O)C1=CCN(C)[C@H]1CO.COCOC[C@H]1C(C(=O)OC(C)(C)C)=CCN1C.COC[C@H]1C(C(=O)CCl)=CCN1C.COC[C@H]1C(C(=O)OC)=CCN1C.COC[C@H]1C(c2csc(=S)[nH]2)=CCN1C. The van der Waals surface area contributed by atoms with Gasteiger partial charge in [-0.05, 0) is 73.8 Å². The number of thiazole rings is 1. The fourth-order valence-electron chi connectivity index (χ4n) is 7.86. The molecule has 0 unspecified atom stereocenters. The normalized spacial score (nSPS) is 22.5. The van der Waals surface area contributed by atoms with Crippen molar-refractivity contribution in [1.29, 1.82) is 0 Å². The molecule has 0 saturated carbocycles. The number of H-pyrrole nitrogens is 1. The van der Waals surface area contributed by atoms with Crippen LogP contribution in [0.15, 0.2) is 58.1 Å². The summed E-state index contributed by atoms with van der Waals surface area (Å²) in [4.78, 5) is 59.3. The molecule has 22 heteroatoms. The minimum Gasteiger partial charge on any atom is -0.466 e. The number of nitrogens with zero attached hydrogens (tertiary/aromatic N) is 5. The minimum atomic E-state index is -0.475. The molecule has 6 rings (SSSR count). The summed E-state index contributed by atoms with van der Waals surface area (Å²) in [5.74, 6) is -0.810. The van der Waals surface area contributed by atoms with Crippen LogP contribution >= 0.6 is 35.2 Å². The highest BCUT2D eigenvalue weighted by Crippen LogP contribution is 2.27. The Balaban J connectivity index is 0.000000306. The van der Waals surface area contributed by atoms with E-state index >= 15 is 0 Å². The number of aromatic nitrogens is 1. The van der Waals surface area contributed by atoms with E-state index in [1.807, 2.05) is 72.1 Å². The molecule has 0 aliphatic carbocycles. The highest BCUT2D eigenvalue weighted by atomic mass is 35.5. The van der Waals surface area contributed by atoms with E-state index in [9.17, 15) is 19.2 Å². The fourth-order valence-corrected chi connectivity index (χ4v) is 8.85. The van der Waals surface area contributed by atoms with Crippen LogP contribution in [0.25, 0.3) is 5.57 Å². The molecule has 402 valence electrons. The summed E-state index contributed by atoms with van der Waals surface area (Å²) in [5.41, 5.74) is 4.68. The van der Waals surface area contributed by atoms with Gasteiger partial charge in [-0.1, -0.05) is 30.4 Å². The average molecular weight is 1060 g/mol. The highest BCUT2D eigenvalue weighted by Gasteiger charge is 2.34. The van der Waals surface area contributed by atoms with Crippen LogP contribution in [0.5, 0.6) is 0 Å². The molecule has 0 saturated heterocycles. The van der Waals surface area contributed by atoms with Gasteiger partial charge in [-0.25, -0.2) is 14.4 Å². The summed E-state index contributed by atoms with van der Waals surface area (Å²) in [7, 11) is 19.1. The van der Waals surface area contributed by atoms with Gasteiger partial charge < -0.3 is 48.0 Å². The number of rotatable bonds is 17. The number of aliphatic hydroxyl groups is 1. The van der Waals surface area contributed by atoms with Crippen LogP contribution in [0, 0.1) is 3.95 Å². The molecule has 5 aliphatic rings. The van der Waals surface area contributed by atoms with Gasteiger partial charge in [-0.15, -0.1) is 22.9 Å². The number of ketones is 1. The van der Waals surface area contributed by atoms with Gasteiger partial charge >= 0.3 is 17.9 Å². The first-order chi connectivity index (χ1) is 33.7. The van der Waals surface area contributed by atoms with Crippen molar-refractivity contribution in [1.82, 2.24) is 29.5 Å². The maximum atomic E-state index is 12.0. The molecule has 19 nitrogen and oxygen atoms in total. The number of carbonyl (C=O) groups excluding carboxylic acids is 4. The summed E-state index contributed by atoms with van der Waals surface area (Å²) in [6, 6.07) is 0.205. The molecule has 6 heterocycles. The van der Waals surface area contributed by atoms with Gasteiger partial charge in [-0.3, -0.25) is 29.3 Å². The Labute approximate surface area is 434 Å². The molecule has 0 amide bonds. The smallest absolute Gasteiger partial charge is 0.335 e. The van der Waals surface area contributed by atoms with Crippen LogP contribution in [-0.4, -0.2) is 250 Å². The van der Waals surface area contributed by atoms with Crippen molar-refractivity contribution in [2.45, 2.75) is 56.6 Å².